The number of aryl methyl sites for hydroxylation is 2. The van der Waals surface area contributed by atoms with Crippen molar-refractivity contribution >= 4 is 22.9 Å². The highest BCUT2D eigenvalue weighted by Crippen LogP contribution is 2.30. The van der Waals surface area contributed by atoms with Crippen LogP contribution in [0.4, 0.5) is 0 Å². The molecule has 19 heavy (non-hydrogen) atoms. The summed E-state index contributed by atoms with van der Waals surface area (Å²) in [5.41, 5.74) is 3.73. The molecule has 0 spiro atoms. The van der Waals surface area contributed by atoms with Crippen molar-refractivity contribution < 1.29 is 0 Å². The lowest BCUT2D eigenvalue weighted by Gasteiger charge is -2.20. The zero-order chi connectivity index (χ0) is 13.8. The maximum absolute atomic E-state index is 6.27. The molecule has 2 aromatic rings. The third kappa shape index (κ3) is 3.38. The molecule has 1 aromatic carbocycles. The molecule has 1 aromatic heterocycles. The van der Waals surface area contributed by atoms with Crippen LogP contribution in [-0.4, -0.2) is 6.54 Å². The van der Waals surface area contributed by atoms with Gasteiger partial charge in [-0.05, 0) is 61.0 Å². The summed E-state index contributed by atoms with van der Waals surface area (Å²) in [5, 5.41) is 6.62. The Kier molecular flexibility index (Phi) is 5.03. The topological polar surface area (TPSA) is 12.0 Å². The summed E-state index contributed by atoms with van der Waals surface area (Å²) < 4.78 is 0. The first-order chi connectivity index (χ1) is 9.13. The lowest BCUT2D eigenvalue weighted by Crippen LogP contribution is -2.23. The maximum Gasteiger partial charge on any atom is 0.0588 e. The van der Waals surface area contributed by atoms with E-state index >= 15 is 0 Å². The van der Waals surface area contributed by atoms with Gasteiger partial charge in [0, 0.05) is 9.90 Å². The van der Waals surface area contributed by atoms with Gasteiger partial charge in [-0.15, -0.1) is 11.3 Å². The Hall–Kier alpha value is -0.830. The molecule has 2 rings (SSSR count). The summed E-state index contributed by atoms with van der Waals surface area (Å²) in [6.07, 6.45) is 1.12. The predicted molar refractivity (Wildman–Crippen MR) is 85.4 cm³/mol. The van der Waals surface area contributed by atoms with Crippen LogP contribution in [0, 0.1) is 13.8 Å². The van der Waals surface area contributed by atoms with Crippen LogP contribution in [0.1, 0.15) is 41.0 Å². The van der Waals surface area contributed by atoms with Gasteiger partial charge in [-0.2, -0.15) is 0 Å². The van der Waals surface area contributed by atoms with Crippen molar-refractivity contribution in [3.8, 4) is 0 Å². The second-order valence-corrected chi connectivity index (χ2v) is 6.36. The molecular weight excluding hydrogens is 274 g/mol. The number of rotatable bonds is 5. The van der Waals surface area contributed by atoms with E-state index in [4.69, 9.17) is 11.6 Å². The molecular formula is C16H20ClNS. The van der Waals surface area contributed by atoms with Gasteiger partial charge in [-0.1, -0.05) is 30.7 Å². The molecule has 0 fully saturated rings. The molecule has 0 amide bonds. The van der Waals surface area contributed by atoms with E-state index < -0.39 is 0 Å². The van der Waals surface area contributed by atoms with Gasteiger partial charge < -0.3 is 5.32 Å². The molecule has 0 radical (unpaired) electrons. The van der Waals surface area contributed by atoms with Gasteiger partial charge in [0.2, 0.25) is 0 Å². The summed E-state index contributed by atoms with van der Waals surface area (Å²) in [4.78, 5) is 1.37. The first-order valence-corrected chi connectivity index (χ1v) is 7.92. The SMILES string of the molecule is CCCNC(c1ccc(C)c(Cl)c1)c1ccsc1C. The standard InChI is InChI=1S/C16H20ClNS/c1-4-8-18-16(14-7-9-19-12(14)3)13-6-5-11(2)15(17)10-13/h5-7,9-10,16,18H,4,8H2,1-3H3. The number of thiophene rings is 1. The first kappa shape index (κ1) is 14.6. The van der Waals surface area contributed by atoms with Crippen LogP contribution in [0.3, 0.4) is 0 Å². The van der Waals surface area contributed by atoms with Crippen LogP contribution in [0.2, 0.25) is 5.02 Å². The fraction of sp³-hybridized carbons (Fsp3) is 0.375. The smallest absolute Gasteiger partial charge is 0.0588 e. The van der Waals surface area contributed by atoms with E-state index in [0.717, 1.165) is 23.6 Å². The van der Waals surface area contributed by atoms with Gasteiger partial charge in [0.15, 0.2) is 0 Å². The van der Waals surface area contributed by atoms with Gasteiger partial charge in [0.25, 0.3) is 0 Å². The molecule has 1 unspecified atom stereocenters. The molecule has 0 aliphatic rings. The molecule has 3 heteroatoms. The summed E-state index contributed by atoms with van der Waals surface area (Å²) in [6.45, 7) is 7.41. The van der Waals surface area contributed by atoms with Gasteiger partial charge in [0.1, 0.15) is 0 Å². The Labute approximate surface area is 124 Å². The second-order valence-electron chi connectivity index (χ2n) is 4.83. The Morgan fingerprint density at radius 1 is 1.26 bits per heavy atom. The third-order valence-corrected chi connectivity index (χ3v) is 4.61. The number of hydrogen-bond donors (Lipinski definition) is 1. The number of hydrogen-bond acceptors (Lipinski definition) is 2. The molecule has 0 saturated heterocycles. The average Bonchev–Trinajstić information content (AvgIpc) is 2.80. The van der Waals surface area contributed by atoms with E-state index in [0.29, 0.717) is 0 Å². The molecule has 0 bridgehead atoms. The summed E-state index contributed by atoms with van der Waals surface area (Å²) >= 11 is 8.06. The molecule has 102 valence electrons. The van der Waals surface area contributed by atoms with E-state index in [1.54, 1.807) is 11.3 Å². The summed E-state index contributed by atoms with van der Waals surface area (Å²) in [7, 11) is 0. The van der Waals surface area contributed by atoms with Gasteiger partial charge >= 0.3 is 0 Å². The van der Waals surface area contributed by atoms with Crippen molar-refractivity contribution in [2.75, 3.05) is 6.54 Å². The first-order valence-electron chi connectivity index (χ1n) is 6.67. The summed E-state index contributed by atoms with van der Waals surface area (Å²) in [5.74, 6) is 0. The predicted octanol–water partition coefficient (Wildman–Crippen LogP) is 5.11. The zero-order valence-corrected chi connectivity index (χ0v) is 13.2. The van der Waals surface area contributed by atoms with E-state index in [2.05, 4.69) is 48.8 Å². The Bertz CT molecular complexity index is 547. The van der Waals surface area contributed by atoms with Crippen LogP contribution in [0.25, 0.3) is 0 Å². The van der Waals surface area contributed by atoms with Gasteiger partial charge in [-0.3, -0.25) is 0 Å². The van der Waals surface area contributed by atoms with Crippen molar-refractivity contribution in [3.63, 3.8) is 0 Å². The molecule has 0 saturated carbocycles. The van der Waals surface area contributed by atoms with E-state index in [-0.39, 0.29) is 6.04 Å². The molecule has 1 nitrogen and oxygen atoms in total. The highest BCUT2D eigenvalue weighted by molar-refractivity contribution is 7.10. The van der Waals surface area contributed by atoms with Crippen molar-refractivity contribution in [1.82, 2.24) is 5.32 Å². The normalized spacial score (nSPS) is 12.6. The monoisotopic (exact) mass is 293 g/mol. The van der Waals surface area contributed by atoms with Crippen LogP contribution >= 0.6 is 22.9 Å². The minimum atomic E-state index is 0.240. The quantitative estimate of drug-likeness (QED) is 0.808. The summed E-state index contributed by atoms with van der Waals surface area (Å²) in [6, 6.07) is 8.80. The molecule has 0 aliphatic heterocycles. The van der Waals surface area contributed by atoms with Gasteiger partial charge in [0.05, 0.1) is 6.04 Å². The highest BCUT2D eigenvalue weighted by atomic mass is 35.5. The fourth-order valence-corrected chi connectivity index (χ4v) is 3.11. The largest absolute Gasteiger partial charge is 0.306 e. The van der Waals surface area contributed by atoms with Gasteiger partial charge in [-0.25, -0.2) is 0 Å². The second kappa shape index (κ2) is 6.56. The number of halogens is 1. The van der Waals surface area contributed by atoms with E-state index in [1.165, 1.54) is 16.0 Å². The minimum absolute atomic E-state index is 0.240. The van der Waals surface area contributed by atoms with Crippen LogP contribution in [0.15, 0.2) is 29.6 Å². The number of nitrogens with one attached hydrogen (secondary N) is 1. The molecule has 1 N–H and O–H groups in total. The van der Waals surface area contributed by atoms with E-state index in [1.807, 2.05) is 6.92 Å². The fourth-order valence-electron chi connectivity index (χ4n) is 2.18. The van der Waals surface area contributed by atoms with Crippen LogP contribution in [-0.2, 0) is 0 Å². The van der Waals surface area contributed by atoms with Crippen molar-refractivity contribution in [3.05, 3.63) is 56.2 Å². The van der Waals surface area contributed by atoms with Crippen LogP contribution in [0.5, 0.6) is 0 Å². The molecule has 1 atom stereocenters. The maximum atomic E-state index is 6.27. The Morgan fingerprint density at radius 3 is 2.63 bits per heavy atom. The highest BCUT2D eigenvalue weighted by Gasteiger charge is 2.16. The van der Waals surface area contributed by atoms with Crippen molar-refractivity contribution in [2.24, 2.45) is 0 Å². The Morgan fingerprint density at radius 2 is 2.05 bits per heavy atom. The van der Waals surface area contributed by atoms with Crippen molar-refractivity contribution in [1.29, 1.82) is 0 Å². The van der Waals surface area contributed by atoms with Crippen LogP contribution < -0.4 is 5.32 Å². The lowest BCUT2D eigenvalue weighted by molar-refractivity contribution is 0.598. The average molecular weight is 294 g/mol. The minimum Gasteiger partial charge on any atom is -0.306 e. The molecule has 1 heterocycles. The van der Waals surface area contributed by atoms with Crippen molar-refractivity contribution in [2.45, 2.75) is 33.2 Å². The van der Waals surface area contributed by atoms with E-state index in [9.17, 15) is 0 Å². The Balaban J connectivity index is 2.37. The number of benzene rings is 1. The molecule has 0 aliphatic carbocycles. The third-order valence-electron chi connectivity index (χ3n) is 3.34. The lowest BCUT2D eigenvalue weighted by atomic mass is 9.98. The zero-order valence-electron chi connectivity index (χ0n) is 11.7.